The summed E-state index contributed by atoms with van der Waals surface area (Å²) in [6.45, 7) is 0. The van der Waals surface area contributed by atoms with E-state index in [-0.39, 0.29) is 5.75 Å². The van der Waals surface area contributed by atoms with Crippen molar-refractivity contribution in [2.75, 3.05) is 0 Å². The van der Waals surface area contributed by atoms with Gasteiger partial charge in [-0.1, -0.05) is 15.9 Å². The normalized spacial score (nSPS) is 9.09. The van der Waals surface area contributed by atoms with Crippen molar-refractivity contribution in [2.24, 2.45) is 0 Å². The number of aromatic hydroxyl groups is 1. The molecule has 0 aliphatic carbocycles. The fourth-order valence-corrected chi connectivity index (χ4v) is 1.21. The van der Waals surface area contributed by atoms with E-state index >= 15 is 0 Å². The van der Waals surface area contributed by atoms with E-state index < -0.39 is 0 Å². The molecule has 1 rings (SSSR count). The first-order valence-corrected chi connectivity index (χ1v) is 3.94. The van der Waals surface area contributed by atoms with Crippen molar-refractivity contribution >= 4 is 15.9 Å². The van der Waals surface area contributed by atoms with Crippen molar-refractivity contribution in [3.05, 3.63) is 28.2 Å². The number of rotatable bonds is 1. The number of hydrogen-bond acceptors (Lipinski definition) is 1. The van der Waals surface area contributed by atoms with Crippen LogP contribution in [0.3, 0.4) is 0 Å². The second-order valence-electron chi connectivity index (χ2n) is 2.15. The van der Waals surface area contributed by atoms with Crippen LogP contribution >= 0.6 is 15.9 Å². The molecule has 0 saturated carbocycles. The number of benzene rings is 1. The van der Waals surface area contributed by atoms with Crippen LogP contribution in [0.5, 0.6) is 5.75 Å². The molecule has 2 heteroatoms. The molecule has 56 valence electrons. The summed E-state index contributed by atoms with van der Waals surface area (Å²) in [5, 5.41) is 9.25. The Bertz CT molecular complexity index is 299. The zero-order valence-electron chi connectivity index (χ0n) is 5.84. The van der Waals surface area contributed by atoms with Crippen LogP contribution in [0.4, 0.5) is 0 Å². The van der Waals surface area contributed by atoms with E-state index in [0.717, 1.165) is 10.0 Å². The molecule has 0 aliphatic heterocycles. The molecule has 0 atom stereocenters. The van der Waals surface area contributed by atoms with Gasteiger partial charge in [-0.2, -0.15) is 0 Å². The number of halogens is 1. The van der Waals surface area contributed by atoms with Gasteiger partial charge in [-0.15, -0.1) is 12.3 Å². The van der Waals surface area contributed by atoms with Crippen LogP contribution in [-0.2, 0) is 6.42 Å². The van der Waals surface area contributed by atoms with Gasteiger partial charge in [-0.3, -0.25) is 0 Å². The highest BCUT2D eigenvalue weighted by molar-refractivity contribution is 9.10. The van der Waals surface area contributed by atoms with E-state index in [1.807, 2.05) is 6.07 Å². The number of terminal acetylenes is 1. The van der Waals surface area contributed by atoms with Crippen LogP contribution in [0.25, 0.3) is 0 Å². The summed E-state index contributed by atoms with van der Waals surface area (Å²) in [6.07, 6.45) is 5.57. The van der Waals surface area contributed by atoms with Crippen LogP contribution in [0.1, 0.15) is 5.56 Å². The van der Waals surface area contributed by atoms with Gasteiger partial charge in [0, 0.05) is 16.5 Å². The van der Waals surface area contributed by atoms with Gasteiger partial charge in [0.15, 0.2) is 0 Å². The first kappa shape index (κ1) is 8.16. The standard InChI is InChI=1S/C9H7BrO/c1-2-3-7-6-8(10)4-5-9(7)11/h1,4-6,11H,3H2. The predicted molar refractivity (Wildman–Crippen MR) is 48.3 cm³/mol. The Morgan fingerprint density at radius 2 is 2.27 bits per heavy atom. The first-order valence-electron chi connectivity index (χ1n) is 3.15. The number of phenols is 1. The SMILES string of the molecule is C#CCc1cc(Br)ccc1O. The molecule has 0 aliphatic rings. The van der Waals surface area contributed by atoms with Crippen molar-refractivity contribution in [1.82, 2.24) is 0 Å². The Balaban J connectivity index is 3.05. The van der Waals surface area contributed by atoms with E-state index in [1.54, 1.807) is 12.1 Å². The molecular weight excluding hydrogens is 204 g/mol. The zero-order valence-corrected chi connectivity index (χ0v) is 7.43. The Hall–Kier alpha value is -0.940. The highest BCUT2D eigenvalue weighted by atomic mass is 79.9. The Kier molecular flexibility index (Phi) is 2.56. The average Bonchev–Trinajstić information content (AvgIpc) is 1.98. The van der Waals surface area contributed by atoms with E-state index in [0.29, 0.717) is 6.42 Å². The van der Waals surface area contributed by atoms with Gasteiger partial charge in [0.05, 0.1) is 0 Å². The summed E-state index contributed by atoms with van der Waals surface area (Å²) in [6, 6.07) is 5.21. The van der Waals surface area contributed by atoms with Crippen LogP contribution in [0.15, 0.2) is 22.7 Å². The summed E-state index contributed by atoms with van der Waals surface area (Å²) in [5.41, 5.74) is 0.780. The molecule has 0 amide bonds. The van der Waals surface area contributed by atoms with E-state index in [2.05, 4.69) is 21.9 Å². The van der Waals surface area contributed by atoms with E-state index in [9.17, 15) is 5.11 Å². The molecule has 0 spiro atoms. The molecule has 1 aromatic carbocycles. The highest BCUT2D eigenvalue weighted by Crippen LogP contribution is 2.21. The monoisotopic (exact) mass is 210 g/mol. The second kappa shape index (κ2) is 3.45. The summed E-state index contributed by atoms with van der Waals surface area (Å²) in [5.74, 6) is 2.73. The van der Waals surface area contributed by atoms with Crippen LogP contribution < -0.4 is 0 Å². The highest BCUT2D eigenvalue weighted by Gasteiger charge is 1.98. The van der Waals surface area contributed by atoms with Gasteiger partial charge in [-0.05, 0) is 18.2 Å². The molecule has 0 unspecified atom stereocenters. The molecule has 0 fully saturated rings. The maximum atomic E-state index is 9.25. The van der Waals surface area contributed by atoms with Crippen molar-refractivity contribution in [3.8, 4) is 18.1 Å². The number of phenolic OH excluding ortho intramolecular Hbond substituents is 1. The number of hydrogen-bond donors (Lipinski definition) is 1. The van der Waals surface area contributed by atoms with Gasteiger partial charge >= 0.3 is 0 Å². The third-order valence-corrected chi connectivity index (χ3v) is 1.83. The van der Waals surface area contributed by atoms with Gasteiger partial charge in [-0.25, -0.2) is 0 Å². The summed E-state index contributed by atoms with van der Waals surface area (Å²) < 4.78 is 0.931. The third kappa shape index (κ3) is 1.99. The van der Waals surface area contributed by atoms with Crippen LogP contribution in [0, 0.1) is 12.3 Å². The Morgan fingerprint density at radius 3 is 2.91 bits per heavy atom. The van der Waals surface area contributed by atoms with Crippen molar-refractivity contribution < 1.29 is 5.11 Å². The fraction of sp³-hybridized carbons (Fsp3) is 0.111. The largest absolute Gasteiger partial charge is 0.508 e. The van der Waals surface area contributed by atoms with Gasteiger partial charge < -0.3 is 5.11 Å². The van der Waals surface area contributed by atoms with Crippen molar-refractivity contribution in [2.45, 2.75) is 6.42 Å². The Labute approximate surface area is 74.2 Å². The lowest BCUT2D eigenvalue weighted by Crippen LogP contribution is -1.81. The zero-order chi connectivity index (χ0) is 8.27. The lowest BCUT2D eigenvalue weighted by Gasteiger charge is -1.99. The molecule has 1 aromatic rings. The van der Waals surface area contributed by atoms with Gasteiger partial charge in [0.2, 0.25) is 0 Å². The summed E-state index contributed by atoms with van der Waals surface area (Å²) >= 11 is 3.29. The molecule has 1 nitrogen and oxygen atoms in total. The molecule has 1 N–H and O–H groups in total. The smallest absolute Gasteiger partial charge is 0.119 e. The minimum Gasteiger partial charge on any atom is -0.508 e. The van der Waals surface area contributed by atoms with Crippen LogP contribution in [0.2, 0.25) is 0 Å². The summed E-state index contributed by atoms with van der Waals surface area (Å²) in [7, 11) is 0. The molecule has 0 heterocycles. The second-order valence-corrected chi connectivity index (χ2v) is 3.07. The minimum absolute atomic E-state index is 0.256. The third-order valence-electron chi connectivity index (χ3n) is 1.33. The lowest BCUT2D eigenvalue weighted by molar-refractivity contribution is 0.470. The molecule has 0 aromatic heterocycles. The molecule has 0 radical (unpaired) electrons. The molecule has 0 bridgehead atoms. The first-order chi connectivity index (χ1) is 5.24. The molecular formula is C9H7BrO. The quantitative estimate of drug-likeness (QED) is 0.706. The van der Waals surface area contributed by atoms with Crippen molar-refractivity contribution in [1.29, 1.82) is 0 Å². The van der Waals surface area contributed by atoms with Gasteiger partial charge in [0.25, 0.3) is 0 Å². The minimum atomic E-state index is 0.256. The molecule has 11 heavy (non-hydrogen) atoms. The van der Waals surface area contributed by atoms with Crippen molar-refractivity contribution in [3.63, 3.8) is 0 Å². The van der Waals surface area contributed by atoms with Gasteiger partial charge in [0.1, 0.15) is 5.75 Å². The van der Waals surface area contributed by atoms with E-state index in [4.69, 9.17) is 6.42 Å². The summed E-state index contributed by atoms with van der Waals surface area (Å²) in [4.78, 5) is 0. The fourth-order valence-electron chi connectivity index (χ4n) is 0.806. The Morgan fingerprint density at radius 1 is 1.55 bits per heavy atom. The van der Waals surface area contributed by atoms with E-state index in [1.165, 1.54) is 0 Å². The topological polar surface area (TPSA) is 20.2 Å². The lowest BCUT2D eigenvalue weighted by atomic mass is 10.1. The predicted octanol–water partition coefficient (Wildman–Crippen LogP) is 2.33. The average molecular weight is 211 g/mol. The van der Waals surface area contributed by atoms with Crippen LogP contribution in [-0.4, -0.2) is 5.11 Å². The maximum Gasteiger partial charge on any atom is 0.119 e. The maximum absolute atomic E-state index is 9.25. The molecule has 0 saturated heterocycles.